The standard InChI is InChI=1S/C28H30N4O2S/c1-2-18-11-12-24-25(14-18)35-26(32-24)17-23-16-22(13-19-7-4-3-5-8-19)30-28(31-23)29-21-10-6-9-20(15-21)27(33)34/h3-5,7-8,11-12,14,16,20-21H,2,6,9-10,13,15,17H2,1H3,(H,33,34)(H,29,30,31). The van der Waals surface area contributed by atoms with Crippen LogP contribution in [0.5, 0.6) is 0 Å². The minimum absolute atomic E-state index is 0.0691. The maximum Gasteiger partial charge on any atom is 0.306 e. The van der Waals surface area contributed by atoms with Crippen LogP contribution < -0.4 is 5.32 Å². The Labute approximate surface area is 209 Å². The Balaban J connectivity index is 1.41. The summed E-state index contributed by atoms with van der Waals surface area (Å²) in [5, 5.41) is 14.0. The monoisotopic (exact) mass is 486 g/mol. The fourth-order valence-electron chi connectivity index (χ4n) is 4.80. The second kappa shape index (κ2) is 10.5. The number of benzene rings is 2. The highest BCUT2D eigenvalue weighted by molar-refractivity contribution is 7.18. The molecule has 1 saturated carbocycles. The molecule has 0 saturated heterocycles. The molecule has 0 amide bonds. The zero-order valence-corrected chi connectivity index (χ0v) is 20.7. The number of rotatable bonds is 8. The van der Waals surface area contributed by atoms with E-state index in [1.165, 1.54) is 15.8 Å². The molecule has 6 nitrogen and oxygen atoms in total. The molecule has 1 fully saturated rings. The van der Waals surface area contributed by atoms with Crippen molar-refractivity contribution in [3.63, 3.8) is 0 Å². The Morgan fingerprint density at radius 1 is 1.00 bits per heavy atom. The third-order valence-electron chi connectivity index (χ3n) is 6.65. The van der Waals surface area contributed by atoms with E-state index < -0.39 is 5.97 Å². The van der Waals surface area contributed by atoms with Crippen LogP contribution >= 0.6 is 11.3 Å². The lowest BCUT2D eigenvalue weighted by atomic mass is 9.86. The molecule has 0 spiro atoms. The number of hydrogen-bond acceptors (Lipinski definition) is 6. The van der Waals surface area contributed by atoms with Gasteiger partial charge in [0.05, 0.1) is 32.5 Å². The number of aliphatic carboxylic acids is 1. The number of hydrogen-bond donors (Lipinski definition) is 2. The maximum absolute atomic E-state index is 11.5. The zero-order chi connectivity index (χ0) is 24.2. The summed E-state index contributed by atoms with van der Waals surface area (Å²) in [7, 11) is 0. The number of anilines is 1. The minimum Gasteiger partial charge on any atom is -0.481 e. The van der Waals surface area contributed by atoms with Gasteiger partial charge in [0, 0.05) is 18.9 Å². The molecule has 5 rings (SSSR count). The summed E-state index contributed by atoms with van der Waals surface area (Å²) in [5.74, 6) is -0.430. The molecule has 2 atom stereocenters. The Kier molecular flexibility index (Phi) is 7.04. The lowest BCUT2D eigenvalue weighted by Crippen LogP contribution is -2.31. The number of nitrogens with one attached hydrogen (secondary N) is 1. The summed E-state index contributed by atoms with van der Waals surface area (Å²) in [5.41, 5.74) is 5.41. The molecule has 2 aromatic heterocycles. The first-order valence-corrected chi connectivity index (χ1v) is 13.2. The van der Waals surface area contributed by atoms with Crippen LogP contribution in [0, 0.1) is 5.92 Å². The normalized spacial score (nSPS) is 18.0. The predicted molar refractivity (Wildman–Crippen MR) is 140 cm³/mol. The van der Waals surface area contributed by atoms with Crippen molar-refractivity contribution in [3.8, 4) is 0 Å². The first-order chi connectivity index (χ1) is 17.1. The lowest BCUT2D eigenvalue weighted by Gasteiger charge is -2.27. The Morgan fingerprint density at radius 3 is 2.57 bits per heavy atom. The second-order valence-electron chi connectivity index (χ2n) is 9.32. The van der Waals surface area contributed by atoms with Crippen molar-refractivity contribution in [2.75, 3.05) is 5.32 Å². The molecule has 0 bridgehead atoms. The highest BCUT2D eigenvalue weighted by Gasteiger charge is 2.27. The van der Waals surface area contributed by atoms with Crippen LogP contribution in [0.4, 0.5) is 5.95 Å². The first-order valence-electron chi connectivity index (χ1n) is 12.3. The quantitative estimate of drug-likeness (QED) is 0.323. The van der Waals surface area contributed by atoms with E-state index in [-0.39, 0.29) is 12.0 Å². The van der Waals surface area contributed by atoms with E-state index in [4.69, 9.17) is 15.0 Å². The number of nitrogens with zero attached hydrogens (tertiary/aromatic N) is 3. The van der Waals surface area contributed by atoms with E-state index in [0.29, 0.717) is 25.2 Å². The maximum atomic E-state index is 11.5. The van der Waals surface area contributed by atoms with Gasteiger partial charge in [-0.3, -0.25) is 4.79 Å². The highest BCUT2D eigenvalue weighted by atomic mass is 32.1. The molecule has 4 aromatic rings. The van der Waals surface area contributed by atoms with E-state index in [1.807, 2.05) is 18.2 Å². The summed E-state index contributed by atoms with van der Waals surface area (Å²) in [6.45, 7) is 2.16. The molecule has 2 unspecified atom stereocenters. The largest absolute Gasteiger partial charge is 0.481 e. The van der Waals surface area contributed by atoms with Crippen LogP contribution in [-0.2, 0) is 24.1 Å². The number of thiazole rings is 1. The molecule has 1 aliphatic rings. The smallest absolute Gasteiger partial charge is 0.306 e. The summed E-state index contributed by atoms with van der Waals surface area (Å²) in [6.07, 6.45) is 5.55. The van der Waals surface area contributed by atoms with Crippen molar-refractivity contribution in [3.05, 3.63) is 82.1 Å². The van der Waals surface area contributed by atoms with Gasteiger partial charge in [0.1, 0.15) is 0 Å². The Morgan fingerprint density at radius 2 is 1.80 bits per heavy atom. The molecule has 0 radical (unpaired) electrons. The van der Waals surface area contributed by atoms with Gasteiger partial charge in [-0.15, -0.1) is 11.3 Å². The zero-order valence-electron chi connectivity index (χ0n) is 19.9. The van der Waals surface area contributed by atoms with E-state index in [9.17, 15) is 9.90 Å². The molecule has 35 heavy (non-hydrogen) atoms. The topological polar surface area (TPSA) is 88.0 Å². The predicted octanol–water partition coefficient (Wildman–Crippen LogP) is 5.89. The Hall–Kier alpha value is -3.32. The average molecular weight is 487 g/mol. The third-order valence-corrected chi connectivity index (χ3v) is 7.67. The summed E-state index contributed by atoms with van der Waals surface area (Å²) in [4.78, 5) is 26.0. The van der Waals surface area contributed by atoms with Gasteiger partial charge in [0.2, 0.25) is 5.95 Å². The van der Waals surface area contributed by atoms with Gasteiger partial charge in [0.15, 0.2) is 0 Å². The van der Waals surface area contributed by atoms with E-state index in [2.05, 4.69) is 48.6 Å². The summed E-state index contributed by atoms with van der Waals surface area (Å²) < 4.78 is 1.21. The molecule has 0 aliphatic heterocycles. The van der Waals surface area contributed by atoms with E-state index in [1.54, 1.807) is 11.3 Å². The van der Waals surface area contributed by atoms with Crippen LogP contribution in [0.15, 0.2) is 54.6 Å². The second-order valence-corrected chi connectivity index (χ2v) is 10.4. The van der Waals surface area contributed by atoms with Gasteiger partial charge in [-0.2, -0.15) is 0 Å². The van der Waals surface area contributed by atoms with Crippen molar-refractivity contribution < 1.29 is 9.90 Å². The van der Waals surface area contributed by atoms with E-state index >= 15 is 0 Å². The van der Waals surface area contributed by atoms with Gasteiger partial charge in [-0.1, -0.05) is 49.7 Å². The SMILES string of the molecule is CCc1ccc2nc(Cc3cc(Cc4ccccc4)nc(NC4CCCC(C(=O)O)C4)n3)sc2c1. The molecule has 2 N–H and O–H groups in total. The number of carboxylic acids is 1. The van der Waals surface area contributed by atoms with Crippen molar-refractivity contribution >= 4 is 33.5 Å². The lowest BCUT2D eigenvalue weighted by molar-refractivity contribution is -0.142. The van der Waals surface area contributed by atoms with Crippen molar-refractivity contribution in [1.82, 2.24) is 15.0 Å². The molecule has 2 heterocycles. The molecule has 180 valence electrons. The minimum atomic E-state index is -0.710. The molecule has 7 heteroatoms. The van der Waals surface area contributed by atoms with Crippen molar-refractivity contribution in [1.29, 1.82) is 0 Å². The average Bonchev–Trinajstić information content (AvgIpc) is 3.26. The number of aryl methyl sites for hydroxylation is 1. The van der Waals surface area contributed by atoms with Crippen LogP contribution in [0.25, 0.3) is 10.2 Å². The van der Waals surface area contributed by atoms with Crippen LogP contribution in [-0.4, -0.2) is 32.1 Å². The molecule has 2 aromatic carbocycles. The van der Waals surface area contributed by atoms with Gasteiger partial charge >= 0.3 is 5.97 Å². The fourth-order valence-corrected chi connectivity index (χ4v) is 5.85. The fraction of sp³-hybridized carbons (Fsp3) is 0.357. The Bertz CT molecular complexity index is 1320. The van der Waals surface area contributed by atoms with Gasteiger partial charge in [0.25, 0.3) is 0 Å². The number of carboxylic acid groups (broad SMARTS) is 1. The number of fused-ring (bicyclic) bond motifs is 1. The molecular formula is C28H30N4O2S. The summed E-state index contributed by atoms with van der Waals surface area (Å²) in [6, 6.07) is 18.9. The highest BCUT2D eigenvalue weighted by Crippen LogP contribution is 2.28. The third kappa shape index (κ3) is 5.85. The van der Waals surface area contributed by atoms with Crippen LogP contribution in [0.1, 0.15) is 60.1 Å². The molecule has 1 aliphatic carbocycles. The van der Waals surface area contributed by atoms with Crippen molar-refractivity contribution in [2.45, 2.75) is 57.9 Å². The van der Waals surface area contributed by atoms with Crippen molar-refractivity contribution in [2.24, 2.45) is 5.92 Å². The van der Waals surface area contributed by atoms with E-state index in [0.717, 1.165) is 47.6 Å². The molecular weight excluding hydrogens is 456 g/mol. The number of aromatic nitrogens is 3. The first kappa shape index (κ1) is 23.4. The van der Waals surface area contributed by atoms with Gasteiger partial charge in [-0.05, 0) is 55.0 Å². The van der Waals surface area contributed by atoms with Gasteiger partial charge in [-0.25, -0.2) is 15.0 Å². The van der Waals surface area contributed by atoms with Gasteiger partial charge < -0.3 is 10.4 Å². The van der Waals surface area contributed by atoms with Crippen LogP contribution in [0.2, 0.25) is 0 Å². The number of carbonyl (C=O) groups is 1. The van der Waals surface area contributed by atoms with Crippen LogP contribution in [0.3, 0.4) is 0 Å². The summed E-state index contributed by atoms with van der Waals surface area (Å²) >= 11 is 1.72.